The molecule has 1 rings (SSSR count). The molecular weight excluding hydrogens is 214 g/mol. The van der Waals surface area contributed by atoms with Crippen molar-refractivity contribution in [2.45, 2.75) is 40.0 Å². The van der Waals surface area contributed by atoms with Gasteiger partial charge in [0.1, 0.15) is 11.4 Å². The van der Waals surface area contributed by atoms with Crippen LogP contribution < -0.4 is 4.74 Å². The van der Waals surface area contributed by atoms with Crippen LogP contribution in [0.1, 0.15) is 50.5 Å². The third-order valence-electron chi connectivity index (χ3n) is 2.66. The summed E-state index contributed by atoms with van der Waals surface area (Å²) in [6.07, 6.45) is 4.45. The molecule has 1 aromatic rings. The molecular formula is C14H21NO2. The van der Waals surface area contributed by atoms with Crippen molar-refractivity contribution in [1.82, 2.24) is 4.98 Å². The van der Waals surface area contributed by atoms with Crippen LogP contribution in [0.4, 0.5) is 0 Å². The van der Waals surface area contributed by atoms with Gasteiger partial charge in [-0.25, -0.2) is 4.98 Å². The van der Waals surface area contributed by atoms with Crippen molar-refractivity contribution in [2.75, 3.05) is 6.61 Å². The van der Waals surface area contributed by atoms with Crippen LogP contribution in [0.25, 0.3) is 0 Å². The van der Waals surface area contributed by atoms with Gasteiger partial charge in [-0.15, -0.1) is 0 Å². The van der Waals surface area contributed by atoms with E-state index in [1.54, 1.807) is 12.3 Å². The molecule has 3 heteroatoms. The second kappa shape index (κ2) is 7.05. The Bertz CT molecular complexity index is 346. The fourth-order valence-electron chi connectivity index (χ4n) is 1.63. The molecule has 1 atom stereocenters. The number of nitrogens with zero attached hydrogens (tertiary/aromatic N) is 1. The quantitative estimate of drug-likeness (QED) is 0.679. The zero-order valence-corrected chi connectivity index (χ0v) is 10.9. The Morgan fingerprint density at radius 3 is 2.71 bits per heavy atom. The average molecular weight is 235 g/mol. The molecule has 17 heavy (non-hydrogen) atoms. The minimum Gasteiger partial charge on any atom is -0.492 e. The highest BCUT2D eigenvalue weighted by Gasteiger charge is 2.05. The van der Waals surface area contributed by atoms with Crippen LogP contribution in [-0.4, -0.2) is 17.4 Å². The Labute approximate surface area is 103 Å². The summed E-state index contributed by atoms with van der Waals surface area (Å²) in [4.78, 5) is 15.5. The topological polar surface area (TPSA) is 39.2 Å². The van der Waals surface area contributed by atoms with Gasteiger partial charge >= 0.3 is 0 Å². The summed E-state index contributed by atoms with van der Waals surface area (Å²) in [7, 11) is 0. The fourth-order valence-corrected chi connectivity index (χ4v) is 1.63. The molecule has 1 unspecified atom stereocenters. The summed E-state index contributed by atoms with van der Waals surface area (Å²) in [5, 5.41) is 0. The lowest BCUT2D eigenvalue weighted by atomic mass is 10.1. The summed E-state index contributed by atoms with van der Waals surface area (Å²) in [6, 6.07) is 3.54. The monoisotopic (exact) mass is 235 g/mol. The SMILES string of the molecule is CCCC(C)COc1ccc(C(=O)CC)nc1. The Morgan fingerprint density at radius 2 is 2.18 bits per heavy atom. The van der Waals surface area contributed by atoms with E-state index in [9.17, 15) is 4.79 Å². The predicted molar refractivity (Wildman–Crippen MR) is 68.4 cm³/mol. The van der Waals surface area contributed by atoms with Crippen LogP contribution in [0.2, 0.25) is 0 Å². The van der Waals surface area contributed by atoms with Gasteiger partial charge in [0, 0.05) is 6.42 Å². The maximum atomic E-state index is 11.4. The standard InChI is InChI=1S/C14H21NO2/c1-4-6-11(3)10-17-12-7-8-13(15-9-12)14(16)5-2/h7-9,11H,4-6,10H2,1-3H3. The highest BCUT2D eigenvalue weighted by Crippen LogP contribution is 2.13. The first kappa shape index (κ1) is 13.7. The number of Topliss-reactive ketones (excluding diaryl/α,β-unsaturated/α-hetero) is 1. The van der Waals surface area contributed by atoms with Crippen LogP contribution in [0.5, 0.6) is 5.75 Å². The predicted octanol–water partition coefficient (Wildman–Crippen LogP) is 3.49. The Balaban J connectivity index is 2.48. The van der Waals surface area contributed by atoms with Crippen LogP contribution in [-0.2, 0) is 0 Å². The van der Waals surface area contributed by atoms with Gasteiger partial charge in [0.25, 0.3) is 0 Å². The highest BCUT2D eigenvalue weighted by molar-refractivity contribution is 5.93. The smallest absolute Gasteiger partial charge is 0.180 e. The molecule has 1 heterocycles. The second-order valence-electron chi connectivity index (χ2n) is 4.36. The number of pyridine rings is 1. The molecule has 0 aromatic carbocycles. The van der Waals surface area contributed by atoms with Crippen molar-refractivity contribution in [3.63, 3.8) is 0 Å². The van der Waals surface area contributed by atoms with Gasteiger partial charge in [0.05, 0.1) is 12.8 Å². The number of rotatable bonds is 7. The van der Waals surface area contributed by atoms with E-state index in [0.717, 1.165) is 5.75 Å². The van der Waals surface area contributed by atoms with Crippen molar-refractivity contribution in [2.24, 2.45) is 5.92 Å². The van der Waals surface area contributed by atoms with Crippen molar-refractivity contribution in [3.8, 4) is 5.75 Å². The van der Waals surface area contributed by atoms with Crippen molar-refractivity contribution >= 4 is 5.78 Å². The van der Waals surface area contributed by atoms with E-state index < -0.39 is 0 Å². The minimum absolute atomic E-state index is 0.0656. The van der Waals surface area contributed by atoms with Crippen molar-refractivity contribution in [1.29, 1.82) is 0 Å². The second-order valence-corrected chi connectivity index (χ2v) is 4.36. The largest absolute Gasteiger partial charge is 0.492 e. The van der Waals surface area contributed by atoms with E-state index in [-0.39, 0.29) is 5.78 Å². The van der Waals surface area contributed by atoms with Gasteiger partial charge in [-0.1, -0.05) is 27.2 Å². The number of hydrogen-bond donors (Lipinski definition) is 0. The lowest BCUT2D eigenvalue weighted by molar-refractivity contribution is 0.0983. The summed E-state index contributed by atoms with van der Waals surface area (Å²) >= 11 is 0. The van der Waals surface area contributed by atoms with Gasteiger partial charge in [-0.3, -0.25) is 4.79 Å². The first-order valence-corrected chi connectivity index (χ1v) is 6.29. The van der Waals surface area contributed by atoms with Crippen LogP contribution in [0.3, 0.4) is 0 Å². The summed E-state index contributed by atoms with van der Waals surface area (Å²) < 4.78 is 5.61. The first-order chi connectivity index (χ1) is 8.17. The third-order valence-corrected chi connectivity index (χ3v) is 2.66. The molecule has 0 saturated heterocycles. The van der Waals surface area contributed by atoms with Gasteiger partial charge in [-0.2, -0.15) is 0 Å². The number of aromatic nitrogens is 1. The van der Waals surface area contributed by atoms with Gasteiger partial charge in [0.2, 0.25) is 0 Å². The molecule has 0 spiro atoms. The Hall–Kier alpha value is -1.38. The number of carbonyl (C=O) groups excluding carboxylic acids is 1. The number of ketones is 1. The molecule has 1 aromatic heterocycles. The van der Waals surface area contributed by atoms with Crippen LogP contribution in [0, 0.1) is 5.92 Å². The molecule has 0 bridgehead atoms. The van der Waals surface area contributed by atoms with Gasteiger partial charge in [-0.05, 0) is 24.5 Å². The van der Waals surface area contributed by atoms with E-state index in [4.69, 9.17) is 4.74 Å². The lowest BCUT2D eigenvalue weighted by Gasteiger charge is -2.11. The van der Waals surface area contributed by atoms with Gasteiger partial charge in [0.15, 0.2) is 5.78 Å². The third kappa shape index (κ3) is 4.55. The molecule has 94 valence electrons. The fraction of sp³-hybridized carbons (Fsp3) is 0.571. The molecule has 0 aliphatic rings. The highest BCUT2D eigenvalue weighted by atomic mass is 16.5. The zero-order chi connectivity index (χ0) is 12.7. The van der Waals surface area contributed by atoms with Crippen LogP contribution in [0.15, 0.2) is 18.3 Å². The van der Waals surface area contributed by atoms with E-state index in [1.807, 2.05) is 13.0 Å². The molecule has 3 nitrogen and oxygen atoms in total. The summed E-state index contributed by atoms with van der Waals surface area (Å²) in [5.74, 6) is 1.36. The summed E-state index contributed by atoms with van der Waals surface area (Å²) in [5.41, 5.74) is 0.515. The average Bonchev–Trinajstić information content (AvgIpc) is 2.36. The normalized spacial score (nSPS) is 12.2. The van der Waals surface area contributed by atoms with Crippen LogP contribution >= 0.6 is 0 Å². The van der Waals surface area contributed by atoms with Gasteiger partial charge < -0.3 is 4.74 Å². The van der Waals surface area contributed by atoms with E-state index in [2.05, 4.69) is 18.8 Å². The van der Waals surface area contributed by atoms with E-state index in [1.165, 1.54) is 12.8 Å². The number of hydrogen-bond acceptors (Lipinski definition) is 3. The number of ether oxygens (including phenoxy) is 1. The van der Waals surface area contributed by atoms with Crippen molar-refractivity contribution < 1.29 is 9.53 Å². The molecule has 0 N–H and O–H groups in total. The molecule has 0 amide bonds. The molecule has 0 radical (unpaired) electrons. The summed E-state index contributed by atoms with van der Waals surface area (Å²) in [6.45, 7) is 6.88. The molecule has 0 aliphatic carbocycles. The Kier molecular flexibility index (Phi) is 5.67. The van der Waals surface area contributed by atoms with E-state index >= 15 is 0 Å². The maximum Gasteiger partial charge on any atom is 0.180 e. The Morgan fingerprint density at radius 1 is 1.41 bits per heavy atom. The number of carbonyl (C=O) groups is 1. The van der Waals surface area contributed by atoms with Crippen molar-refractivity contribution in [3.05, 3.63) is 24.0 Å². The zero-order valence-electron chi connectivity index (χ0n) is 10.9. The first-order valence-electron chi connectivity index (χ1n) is 6.29. The minimum atomic E-state index is 0.0656. The molecule has 0 aliphatic heterocycles. The lowest BCUT2D eigenvalue weighted by Crippen LogP contribution is -2.08. The molecule has 0 saturated carbocycles. The van der Waals surface area contributed by atoms with E-state index in [0.29, 0.717) is 24.6 Å². The molecule has 0 fully saturated rings. The maximum absolute atomic E-state index is 11.4.